The summed E-state index contributed by atoms with van der Waals surface area (Å²) in [4.78, 5) is 0. The molecule has 0 aliphatic heterocycles. The largest absolute Gasteiger partial charge is 0.350 e. The fourth-order valence-corrected chi connectivity index (χ4v) is 2.18. The van der Waals surface area contributed by atoms with Crippen molar-refractivity contribution < 1.29 is 9.47 Å². The smallest absolute Gasteiger partial charge is 0.168 e. The molecular weight excluding hydrogens is 200 g/mol. The second kappa shape index (κ2) is 10.1. The number of hydrogen-bond donors (Lipinski definition) is 0. The molecule has 2 heteroatoms. The van der Waals surface area contributed by atoms with Crippen LogP contribution in [-0.4, -0.2) is 19.0 Å². The normalized spacial score (nSPS) is 12.0. The summed E-state index contributed by atoms with van der Waals surface area (Å²) in [7, 11) is 0. The van der Waals surface area contributed by atoms with E-state index >= 15 is 0 Å². The number of rotatable bonds is 11. The summed E-state index contributed by atoms with van der Waals surface area (Å²) in [6.07, 6.45) is 8.29. The van der Waals surface area contributed by atoms with Gasteiger partial charge >= 0.3 is 0 Å². The molecule has 0 radical (unpaired) electrons. The number of hydrogen-bond acceptors (Lipinski definition) is 2. The predicted octanol–water partition coefficient (Wildman–Crippen LogP) is 4.53. The molecule has 0 aliphatic rings. The molecule has 0 fully saturated rings. The van der Waals surface area contributed by atoms with Crippen LogP contribution in [0.2, 0.25) is 0 Å². The van der Waals surface area contributed by atoms with Gasteiger partial charge in [0, 0.05) is 26.1 Å². The maximum absolute atomic E-state index is 5.87. The summed E-state index contributed by atoms with van der Waals surface area (Å²) in [5.41, 5.74) is 0. The average Bonchev–Trinajstić information content (AvgIpc) is 2.26. The van der Waals surface area contributed by atoms with E-state index in [9.17, 15) is 0 Å². The molecule has 0 bridgehead atoms. The standard InChI is InChI=1S/C14H30O2/c1-5-9-10-11-13-14(12-6-2,15-7-3)16-8-4/h5-13H2,1-4H3. The molecular formula is C14H30O2. The molecule has 0 spiro atoms. The van der Waals surface area contributed by atoms with Crippen molar-refractivity contribution in [2.75, 3.05) is 13.2 Å². The minimum Gasteiger partial charge on any atom is -0.350 e. The summed E-state index contributed by atoms with van der Waals surface area (Å²) in [6.45, 7) is 10.0. The lowest BCUT2D eigenvalue weighted by Gasteiger charge is -2.33. The van der Waals surface area contributed by atoms with Gasteiger partial charge < -0.3 is 9.47 Å². The molecule has 0 amide bonds. The Morgan fingerprint density at radius 2 is 1.31 bits per heavy atom. The topological polar surface area (TPSA) is 18.5 Å². The molecule has 2 nitrogen and oxygen atoms in total. The van der Waals surface area contributed by atoms with Gasteiger partial charge in [-0.05, 0) is 20.3 Å². The molecule has 0 aliphatic carbocycles. The van der Waals surface area contributed by atoms with Crippen LogP contribution in [0, 0.1) is 0 Å². The van der Waals surface area contributed by atoms with E-state index in [1.165, 1.54) is 25.7 Å². The first-order valence-corrected chi connectivity index (χ1v) is 7.02. The Labute approximate surface area is 102 Å². The van der Waals surface area contributed by atoms with Crippen LogP contribution in [0.25, 0.3) is 0 Å². The van der Waals surface area contributed by atoms with Crippen LogP contribution in [-0.2, 0) is 9.47 Å². The Bertz CT molecular complexity index is 129. The number of ether oxygens (including phenoxy) is 2. The van der Waals surface area contributed by atoms with E-state index in [2.05, 4.69) is 27.7 Å². The Morgan fingerprint density at radius 1 is 0.688 bits per heavy atom. The van der Waals surface area contributed by atoms with E-state index in [-0.39, 0.29) is 5.79 Å². The lowest BCUT2D eigenvalue weighted by molar-refractivity contribution is -0.241. The van der Waals surface area contributed by atoms with Crippen molar-refractivity contribution in [2.24, 2.45) is 0 Å². The Balaban J connectivity index is 4.12. The van der Waals surface area contributed by atoms with Crippen molar-refractivity contribution in [3.63, 3.8) is 0 Å². The van der Waals surface area contributed by atoms with Crippen molar-refractivity contribution in [1.82, 2.24) is 0 Å². The van der Waals surface area contributed by atoms with Crippen LogP contribution in [0.1, 0.15) is 72.6 Å². The fourth-order valence-electron chi connectivity index (χ4n) is 2.18. The molecule has 98 valence electrons. The molecule has 0 atom stereocenters. The highest BCUT2D eigenvalue weighted by Gasteiger charge is 2.29. The highest BCUT2D eigenvalue weighted by Crippen LogP contribution is 2.27. The predicted molar refractivity (Wildman–Crippen MR) is 69.7 cm³/mol. The van der Waals surface area contributed by atoms with Crippen molar-refractivity contribution in [1.29, 1.82) is 0 Å². The summed E-state index contributed by atoms with van der Waals surface area (Å²) in [6, 6.07) is 0. The molecule has 16 heavy (non-hydrogen) atoms. The van der Waals surface area contributed by atoms with Gasteiger partial charge in [0.25, 0.3) is 0 Å². The molecule has 0 unspecified atom stereocenters. The third-order valence-corrected chi connectivity index (χ3v) is 2.86. The zero-order chi connectivity index (χ0) is 12.3. The number of unbranched alkanes of at least 4 members (excludes halogenated alkanes) is 3. The molecule has 0 aromatic heterocycles. The van der Waals surface area contributed by atoms with E-state index in [0.29, 0.717) is 0 Å². The van der Waals surface area contributed by atoms with Gasteiger partial charge in [0.2, 0.25) is 0 Å². The highest BCUT2D eigenvalue weighted by molar-refractivity contribution is 4.69. The van der Waals surface area contributed by atoms with E-state index in [1.54, 1.807) is 0 Å². The van der Waals surface area contributed by atoms with Crippen LogP contribution >= 0.6 is 0 Å². The van der Waals surface area contributed by atoms with Gasteiger partial charge in [-0.15, -0.1) is 0 Å². The van der Waals surface area contributed by atoms with E-state index in [1.807, 2.05) is 0 Å². The average molecular weight is 230 g/mol. The van der Waals surface area contributed by atoms with E-state index in [0.717, 1.165) is 32.5 Å². The van der Waals surface area contributed by atoms with Crippen molar-refractivity contribution >= 4 is 0 Å². The molecule has 0 saturated heterocycles. The minimum atomic E-state index is -0.300. The summed E-state index contributed by atoms with van der Waals surface area (Å²) >= 11 is 0. The third kappa shape index (κ3) is 6.49. The Morgan fingerprint density at radius 3 is 1.75 bits per heavy atom. The van der Waals surface area contributed by atoms with Gasteiger partial charge in [0.1, 0.15) is 0 Å². The van der Waals surface area contributed by atoms with Crippen molar-refractivity contribution in [3.05, 3.63) is 0 Å². The van der Waals surface area contributed by atoms with Gasteiger partial charge in [-0.1, -0.05) is 39.5 Å². The highest BCUT2D eigenvalue weighted by atomic mass is 16.7. The summed E-state index contributed by atoms with van der Waals surface area (Å²) in [5, 5.41) is 0. The van der Waals surface area contributed by atoms with Crippen LogP contribution in [0.4, 0.5) is 0 Å². The zero-order valence-corrected chi connectivity index (χ0v) is 11.7. The maximum atomic E-state index is 5.87. The van der Waals surface area contributed by atoms with Crippen molar-refractivity contribution in [3.8, 4) is 0 Å². The Kier molecular flexibility index (Phi) is 10.0. The lowest BCUT2D eigenvalue weighted by Crippen LogP contribution is -2.36. The first kappa shape index (κ1) is 15.9. The van der Waals surface area contributed by atoms with Crippen molar-refractivity contribution in [2.45, 2.75) is 78.4 Å². The van der Waals surface area contributed by atoms with Gasteiger partial charge in [0.05, 0.1) is 0 Å². The SMILES string of the molecule is CCCCCCC(CCC)(OCC)OCC. The second-order valence-electron chi connectivity index (χ2n) is 4.34. The first-order valence-electron chi connectivity index (χ1n) is 7.02. The van der Waals surface area contributed by atoms with Gasteiger partial charge in [-0.25, -0.2) is 0 Å². The van der Waals surface area contributed by atoms with Crippen LogP contribution in [0.3, 0.4) is 0 Å². The molecule has 0 N–H and O–H groups in total. The minimum absolute atomic E-state index is 0.300. The molecule has 0 rings (SSSR count). The zero-order valence-electron chi connectivity index (χ0n) is 11.7. The lowest BCUT2D eigenvalue weighted by atomic mass is 10.0. The van der Waals surface area contributed by atoms with Crippen LogP contribution < -0.4 is 0 Å². The second-order valence-corrected chi connectivity index (χ2v) is 4.34. The maximum Gasteiger partial charge on any atom is 0.168 e. The first-order chi connectivity index (χ1) is 7.74. The molecule has 0 heterocycles. The molecule has 0 aromatic rings. The molecule has 0 saturated carbocycles. The Hall–Kier alpha value is -0.0800. The quantitative estimate of drug-likeness (QED) is 0.383. The monoisotopic (exact) mass is 230 g/mol. The van der Waals surface area contributed by atoms with E-state index < -0.39 is 0 Å². The van der Waals surface area contributed by atoms with Gasteiger partial charge in [-0.2, -0.15) is 0 Å². The molecule has 0 aromatic carbocycles. The van der Waals surface area contributed by atoms with Gasteiger partial charge in [0.15, 0.2) is 5.79 Å². The van der Waals surface area contributed by atoms with Crippen LogP contribution in [0.15, 0.2) is 0 Å². The summed E-state index contributed by atoms with van der Waals surface area (Å²) < 4.78 is 11.7. The summed E-state index contributed by atoms with van der Waals surface area (Å²) in [5.74, 6) is -0.300. The van der Waals surface area contributed by atoms with Gasteiger partial charge in [-0.3, -0.25) is 0 Å². The fraction of sp³-hybridized carbons (Fsp3) is 1.00. The van der Waals surface area contributed by atoms with Crippen LogP contribution in [0.5, 0.6) is 0 Å². The van der Waals surface area contributed by atoms with E-state index in [4.69, 9.17) is 9.47 Å². The third-order valence-electron chi connectivity index (χ3n) is 2.86.